The number of piperidine rings is 1. The van der Waals surface area contributed by atoms with Crippen molar-refractivity contribution in [1.82, 2.24) is 9.97 Å². The smallest absolute Gasteiger partial charge is 0.227 e. The summed E-state index contributed by atoms with van der Waals surface area (Å²) in [6.07, 6.45) is 3.48. The number of nitrogen functional groups attached to an aromatic ring is 1. The zero-order valence-electron chi connectivity index (χ0n) is 14.6. The molecular formula is C17H21ClN4O3S. The van der Waals surface area contributed by atoms with Gasteiger partial charge in [-0.25, -0.2) is 13.4 Å². The number of sulfone groups is 1. The van der Waals surface area contributed by atoms with Gasteiger partial charge in [0.05, 0.1) is 23.2 Å². The van der Waals surface area contributed by atoms with Crippen LogP contribution in [0, 0.1) is 5.92 Å². The fraction of sp³-hybridized carbons (Fsp3) is 0.412. The number of benzene rings is 1. The van der Waals surface area contributed by atoms with Crippen molar-refractivity contribution in [1.29, 1.82) is 0 Å². The van der Waals surface area contributed by atoms with Crippen LogP contribution in [-0.4, -0.2) is 38.6 Å². The van der Waals surface area contributed by atoms with Crippen molar-refractivity contribution in [3.8, 4) is 5.75 Å². The van der Waals surface area contributed by atoms with Crippen molar-refractivity contribution in [3.05, 3.63) is 29.4 Å². The van der Waals surface area contributed by atoms with E-state index in [1.165, 1.54) is 31.5 Å². The molecule has 7 nitrogen and oxygen atoms in total. The second kappa shape index (κ2) is 7.28. The quantitative estimate of drug-likeness (QED) is 0.848. The molecule has 0 bridgehead atoms. The van der Waals surface area contributed by atoms with E-state index in [1.54, 1.807) is 0 Å². The van der Waals surface area contributed by atoms with Gasteiger partial charge in [0.15, 0.2) is 0 Å². The maximum Gasteiger partial charge on any atom is 0.227 e. The first-order valence-corrected chi connectivity index (χ1v) is 10.1. The van der Waals surface area contributed by atoms with E-state index in [0.717, 1.165) is 25.9 Å². The average molecular weight is 397 g/mol. The first-order valence-electron chi connectivity index (χ1n) is 8.29. The molecule has 1 aromatic carbocycles. The highest BCUT2D eigenvalue weighted by Crippen LogP contribution is 2.32. The monoisotopic (exact) mass is 396 g/mol. The third kappa shape index (κ3) is 3.57. The van der Waals surface area contributed by atoms with Crippen LogP contribution in [0.15, 0.2) is 34.2 Å². The Hall–Kier alpha value is -2.06. The Morgan fingerprint density at radius 3 is 2.77 bits per heavy atom. The number of aromatic nitrogens is 2. The Morgan fingerprint density at radius 2 is 2.15 bits per heavy atom. The van der Waals surface area contributed by atoms with Gasteiger partial charge in [-0.05, 0) is 37.0 Å². The van der Waals surface area contributed by atoms with E-state index in [1.807, 2.05) is 4.90 Å². The summed E-state index contributed by atoms with van der Waals surface area (Å²) in [4.78, 5) is 10.4. The van der Waals surface area contributed by atoms with Gasteiger partial charge < -0.3 is 15.4 Å². The van der Waals surface area contributed by atoms with Crippen LogP contribution in [0.5, 0.6) is 5.75 Å². The lowest BCUT2D eigenvalue weighted by atomic mass is 10.0. The van der Waals surface area contributed by atoms with Gasteiger partial charge >= 0.3 is 0 Å². The lowest BCUT2D eigenvalue weighted by molar-refractivity contribution is 0.414. The van der Waals surface area contributed by atoms with Crippen LogP contribution in [0.2, 0.25) is 5.02 Å². The molecule has 1 saturated heterocycles. The van der Waals surface area contributed by atoms with Crippen LogP contribution in [-0.2, 0) is 9.84 Å². The van der Waals surface area contributed by atoms with Crippen molar-refractivity contribution in [2.45, 2.75) is 29.6 Å². The minimum Gasteiger partial charge on any atom is -0.495 e. The number of hydrogen-bond donors (Lipinski definition) is 1. The maximum absolute atomic E-state index is 12.9. The van der Waals surface area contributed by atoms with E-state index in [4.69, 9.17) is 22.1 Å². The molecule has 9 heteroatoms. The van der Waals surface area contributed by atoms with Crippen molar-refractivity contribution in [3.63, 3.8) is 0 Å². The van der Waals surface area contributed by atoms with Crippen LogP contribution in [0.1, 0.15) is 19.8 Å². The summed E-state index contributed by atoms with van der Waals surface area (Å²) in [7, 11) is -2.42. The average Bonchev–Trinajstić information content (AvgIpc) is 2.61. The largest absolute Gasteiger partial charge is 0.495 e. The number of nitrogens with two attached hydrogens (primary N) is 1. The van der Waals surface area contributed by atoms with Crippen LogP contribution in [0.25, 0.3) is 0 Å². The lowest BCUT2D eigenvalue weighted by Gasteiger charge is -2.31. The normalized spacial score (nSPS) is 18.0. The summed E-state index contributed by atoms with van der Waals surface area (Å²) >= 11 is 6.04. The van der Waals surface area contributed by atoms with Crippen molar-refractivity contribution < 1.29 is 13.2 Å². The molecule has 0 aliphatic carbocycles. The van der Waals surface area contributed by atoms with Crippen molar-refractivity contribution in [2.75, 3.05) is 30.8 Å². The summed E-state index contributed by atoms with van der Waals surface area (Å²) in [5, 5.41) is 0.201. The van der Waals surface area contributed by atoms with Gasteiger partial charge in [-0.2, -0.15) is 4.98 Å². The standard InChI is InChI=1S/C17H21ClN4O3S/c1-11-4-3-7-22(10-11)17-20-9-15(16(19)21-17)26(23,24)12-5-6-14(25-2)13(18)8-12/h5-6,8-9,11H,3-4,7,10H2,1-2H3,(H2,19,20,21)/t11-/m1/s1. The predicted octanol–water partition coefficient (Wildman–Crippen LogP) is 2.79. The molecule has 2 heterocycles. The van der Waals surface area contributed by atoms with Gasteiger partial charge in [-0.1, -0.05) is 18.5 Å². The van der Waals surface area contributed by atoms with Crippen LogP contribution in [0.4, 0.5) is 11.8 Å². The Balaban J connectivity index is 1.94. The number of methoxy groups -OCH3 is 1. The van der Waals surface area contributed by atoms with E-state index in [-0.39, 0.29) is 20.6 Å². The second-order valence-electron chi connectivity index (χ2n) is 6.41. The molecule has 26 heavy (non-hydrogen) atoms. The Morgan fingerprint density at radius 1 is 1.38 bits per heavy atom. The molecule has 0 radical (unpaired) electrons. The summed E-state index contributed by atoms with van der Waals surface area (Å²) < 4.78 is 30.8. The predicted molar refractivity (Wildman–Crippen MR) is 101 cm³/mol. The zero-order chi connectivity index (χ0) is 18.9. The molecule has 0 saturated carbocycles. The number of nitrogens with zero attached hydrogens (tertiary/aromatic N) is 3. The molecule has 2 N–H and O–H groups in total. The Labute approximate surface area is 158 Å². The first kappa shape index (κ1) is 18.7. The third-order valence-corrected chi connectivity index (χ3v) is 6.50. The maximum atomic E-state index is 12.9. The van der Waals surface area contributed by atoms with Gasteiger partial charge in [0.2, 0.25) is 15.8 Å². The second-order valence-corrected chi connectivity index (χ2v) is 8.74. The summed E-state index contributed by atoms with van der Waals surface area (Å²) in [5.74, 6) is 1.32. The molecule has 0 unspecified atom stereocenters. The van der Waals surface area contributed by atoms with E-state index in [2.05, 4.69) is 16.9 Å². The highest BCUT2D eigenvalue weighted by Gasteiger charge is 2.25. The fourth-order valence-corrected chi connectivity index (χ4v) is 4.65. The number of halogens is 1. The lowest BCUT2D eigenvalue weighted by Crippen LogP contribution is -2.35. The molecule has 3 rings (SSSR count). The molecule has 1 atom stereocenters. The molecular weight excluding hydrogens is 376 g/mol. The zero-order valence-corrected chi connectivity index (χ0v) is 16.2. The van der Waals surface area contributed by atoms with Crippen LogP contribution in [0.3, 0.4) is 0 Å². The molecule has 140 valence electrons. The van der Waals surface area contributed by atoms with Gasteiger partial charge in [-0.3, -0.25) is 0 Å². The van der Waals surface area contributed by atoms with Gasteiger partial charge in [0.25, 0.3) is 0 Å². The van der Waals surface area contributed by atoms with E-state index in [9.17, 15) is 8.42 Å². The van der Waals surface area contributed by atoms with E-state index >= 15 is 0 Å². The van der Waals surface area contributed by atoms with E-state index in [0.29, 0.717) is 17.6 Å². The minimum absolute atomic E-state index is 0.0120. The molecule has 1 aliphatic rings. The summed E-state index contributed by atoms with van der Waals surface area (Å²) in [5.41, 5.74) is 5.97. The summed E-state index contributed by atoms with van der Waals surface area (Å²) in [6, 6.07) is 4.24. The van der Waals surface area contributed by atoms with Crippen LogP contribution < -0.4 is 15.4 Å². The number of anilines is 2. The highest BCUT2D eigenvalue weighted by atomic mass is 35.5. The third-order valence-electron chi connectivity index (χ3n) is 4.43. The molecule has 2 aromatic rings. The molecule has 1 aliphatic heterocycles. The Bertz CT molecular complexity index is 920. The number of hydrogen-bond acceptors (Lipinski definition) is 7. The van der Waals surface area contributed by atoms with Gasteiger partial charge in [0.1, 0.15) is 16.5 Å². The van der Waals surface area contributed by atoms with E-state index < -0.39 is 9.84 Å². The SMILES string of the molecule is COc1ccc(S(=O)(=O)c2cnc(N3CCC[C@@H](C)C3)nc2N)cc1Cl. The fourth-order valence-electron chi connectivity index (χ4n) is 3.05. The minimum atomic E-state index is -3.88. The van der Waals surface area contributed by atoms with Gasteiger partial charge in [-0.15, -0.1) is 0 Å². The molecule has 1 fully saturated rings. The molecule has 1 aromatic heterocycles. The summed E-state index contributed by atoms with van der Waals surface area (Å²) in [6.45, 7) is 3.84. The molecule has 0 amide bonds. The van der Waals surface area contributed by atoms with Crippen molar-refractivity contribution in [2.24, 2.45) is 5.92 Å². The topological polar surface area (TPSA) is 98.4 Å². The highest BCUT2D eigenvalue weighted by molar-refractivity contribution is 7.91. The number of ether oxygens (including phenoxy) is 1. The Kier molecular flexibility index (Phi) is 5.24. The first-order chi connectivity index (χ1) is 12.3. The van der Waals surface area contributed by atoms with Crippen LogP contribution >= 0.6 is 11.6 Å². The molecule has 0 spiro atoms. The van der Waals surface area contributed by atoms with Crippen molar-refractivity contribution >= 4 is 33.2 Å². The van der Waals surface area contributed by atoms with Gasteiger partial charge in [0, 0.05) is 13.1 Å². The number of rotatable bonds is 4.